The number of carbonyl (C=O) groups excluding carboxylic acids is 1. The average Bonchev–Trinajstić information content (AvgIpc) is 2.64. The maximum absolute atomic E-state index is 13.3. The van der Waals surface area contributed by atoms with E-state index < -0.39 is 26.6 Å². The molecule has 1 aliphatic rings. The van der Waals surface area contributed by atoms with Crippen LogP contribution in [0.5, 0.6) is 0 Å². The van der Waals surface area contributed by atoms with Crippen LogP contribution in [0.4, 0.5) is 14.5 Å². The van der Waals surface area contributed by atoms with Crippen molar-refractivity contribution in [2.45, 2.75) is 17.7 Å². The first-order valence-electron chi connectivity index (χ1n) is 8.57. The zero-order valence-corrected chi connectivity index (χ0v) is 15.6. The van der Waals surface area contributed by atoms with E-state index in [1.165, 1.54) is 12.1 Å². The van der Waals surface area contributed by atoms with Crippen molar-refractivity contribution in [3.8, 4) is 0 Å². The predicted molar refractivity (Wildman–Crippen MR) is 98.2 cm³/mol. The number of likely N-dealkylation sites (tertiary alicyclic amines) is 1. The minimum absolute atomic E-state index is 0.0167. The van der Waals surface area contributed by atoms with Crippen LogP contribution in [-0.2, 0) is 10.0 Å². The molecule has 27 heavy (non-hydrogen) atoms. The number of Topliss-reactive ketones (excluding diaryl/α,β-unsaturated/α-hetero) is 1. The summed E-state index contributed by atoms with van der Waals surface area (Å²) in [4.78, 5) is 14.5. The Morgan fingerprint density at radius 2 is 1.78 bits per heavy atom. The van der Waals surface area contributed by atoms with E-state index >= 15 is 0 Å². The fraction of sp³-hybridized carbons (Fsp3) is 0.316. The molecule has 2 aromatic carbocycles. The van der Waals surface area contributed by atoms with E-state index in [2.05, 4.69) is 9.62 Å². The van der Waals surface area contributed by atoms with Crippen molar-refractivity contribution < 1.29 is 22.0 Å². The number of rotatable bonds is 5. The van der Waals surface area contributed by atoms with Gasteiger partial charge in [-0.05, 0) is 63.3 Å². The van der Waals surface area contributed by atoms with Crippen LogP contribution in [0.3, 0.4) is 0 Å². The molecule has 0 radical (unpaired) electrons. The smallest absolute Gasteiger partial charge is 0.261 e. The Labute approximate surface area is 157 Å². The van der Waals surface area contributed by atoms with Crippen LogP contribution >= 0.6 is 0 Å². The van der Waals surface area contributed by atoms with Gasteiger partial charge in [0, 0.05) is 17.2 Å². The number of halogens is 2. The molecule has 0 unspecified atom stereocenters. The molecule has 2 aromatic rings. The molecule has 0 spiro atoms. The Hall–Kier alpha value is -2.32. The number of piperidine rings is 1. The van der Waals surface area contributed by atoms with Crippen LogP contribution in [-0.4, -0.2) is 39.2 Å². The second-order valence-corrected chi connectivity index (χ2v) is 8.39. The summed E-state index contributed by atoms with van der Waals surface area (Å²) in [6.45, 7) is 1.69. The number of benzene rings is 2. The van der Waals surface area contributed by atoms with Crippen molar-refractivity contribution in [2.75, 3.05) is 24.9 Å². The topological polar surface area (TPSA) is 66.5 Å². The number of sulfonamides is 1. The van der Waals surface area contributed by atoms with Crippen LogP contribution in [0.15, 0.2) is 47.4 Å². The maximum atomic E-state index is 13.3. The zero-order valence-electron chi connectivity index (χ0n) is 14.8. The molecule has 0 amide bonds. The molecule has 5 nitrogen and oxygen atoms in total. The van der Waals surface area contributed by atoms with E-state index in [1.807, 2.05) is 7.05 Å². The van der Waals surface area contributed by atoms with E-state index in [9.17, 15) is 22.0 Å². The van der Waals surface area contributed by atoms with Crippen LogP contribution in [0.2, 0.25) is 0 Å². The van der Waals surface area contributed by atoms with Gasteiger partial charge < -0.3 is 4.90 Å². The Kier molecular flexibility index (Phi) is 5.57. The lowest BCUT2D eigenvalue weighted by Gasteiger charge is -2.28. The minimum Gasteiger partial charge on any atom is -0.306 e. The van der Waals surface area contributed by atoms with Gasteiger partial charge >= 0.3 is 0 Å². The molecule has 144 valence electrons. The van der Waals surface area contributed by atoms with Gasteiger partial charge in [0.1, 0.15) is 0 Å². The third kappa shape index (κ3) is 4.51. The fourth-order valence-corrected chi connectivity index (χ4v) is 4.16. The monoisotopic (exact) mass is 394 g/mol. The highest BCUT2D eigenvalue weighted by Crippen LogP contribution is 2.24. The summed E-state index contributed by atoms with van der Waals surface area (Å²) >= 11 is 0. The Morgan fingerprint density at radius 1 is 1.07 bits per heavy atom. The summed E-state index contributed by atoms with van der Waals surface area (Å²) in [5, 5.41) is 0. The normalized spacial score (nSPS) is 16.3. The summed E-state index contributed by atoms with van der Waals surface area (Å²) in [6.07, 6.45) is 1.53. The van der Waals surface area contributed by atoms with Crippen molar-refractivity contribution in [3.05, 3.63) is 59.7 Å². The first kappa shape index (κ1) is 19.4. The number of hydrogen-bond acceptors (Lipinski definition) is 4. The minimum atomic E-state index is -4.10. The number of anilines is 1. The molecule has 8 heteroatoms. The molecule has 1 heterocycles. The molecule has 1 saturated heterocycles. The summed E-state index contributed by atoms with van der Waals surface area (Å²) in [6, 6.07) is 8.56. The maximum Gasteiger partial charge on any atom is 0.261 e. The highest BCUT2D eigenvalue weighted by atomic mass is 32.2. The van der Waals surface area contributed by atoms with Gasteiger partial charge in [0.05, 0.1) is 4.90 Å². The summed E-state index contributed by atoms with van der Waals surface area (Å²) < 4.78 is 53.5. The second kappa shape index (κ2) is 7.74. The molecular formula is C19H20F2N2O3S. The largest absolute Gasteiger partial charge is 0.306 e. The number of nitrogens with zero attached hydrogens (tertiary/aromatic N) is 1. The number of ketones is 1. The SMILES string of the molecule is CN1CCC(C(=O)c2cccc(NS(=O)(=O)c3ccc(F)c(F)c3)c2)CC1. The molecule has 0 saturated carbocycles. The lowest BCUT2D eigenvalue weighted by atomic mass is 9.89. The first-order valence-corrected chi connectivity index (χ1v) is 10.1. The fourth-order valence-electron chi connectivity index (χ4n) is 3.10. The summed E-state index contributed by atoms with van der Waals surface area (Å²) in [5.41, 5.74) is 0.619. The third-order valence-corrected chi connectivity index (χ3v) is 6.07. The lowest BCUT2D eigenvalue weighted by molar-refractivity contribution is 0.0857. The van der Waals surface area contributed by atoms with Crippen molar-refractivity contribution in [1.82, 2.24) is 4.90 Å². The highest BCUT2D eigenvalue weighted by Gasteiger charge is 2.25. The van der Waals surface area contributed by atoms with Crippen molar-refractivity contribution in [2.24, 2.45) is 5.92 Å². The molecule has 1 fully saturated rings. The van der Waals surface area contributed by atoms with E-state index in [0.717, 1.165) is 38.1 Å². The molecule has 0 atom stereocenters. The molecule has 1 aliphatic heterocycles. The van der Waals surface area contributed by atoms with Gasteiger partial charge in [-0.25, -0.2) is 17.2 Å². The van der Waals surface area contributed by atoms with Gasteiger partial charge in [0.15, 0.2) is 17.4 Å². The molecule has 0 aromatic heterocycles. The predicted octanol–water partition coefficient (Wildman–Crippen LogP) is 3.29. The molecule has 0 bridgehead atoms. The number of nitrogens with one attached hydrogen (secondary N) is 1. The van der Waals surface area contributed by atoms with Crippen molar-refractivity contribution >= 4 is 21.5 Å². The molecular weight excluding hydrogens is 374 g/mol. The van der Waals surface area contributed by atoms with Gasteiger partial charge in [-0.2, -0.15) is 0 Å². The van der Waals surface area contributed by atoms with Crippen LogP contribution in [0.1, 0.15) is 23.2 Å². The standard InChI is InChI=1S/C19H20F2N2O3S/c1-23-9-7-13(8-10-23)19(24)14-3-2-4-15(11-14)22-27(25,26)16-5-6-17(20)18(21)12-16/h2-6,11-13,22H,7-10H2,1H3. The van der Waals surface area contributed by atoms with E-state index in [4.69, 9.17) is 0 Å². The van der Waals surface area contributed by atoms with Crippen LogP contribution in [0.25, 0.3) is 0 Å². The van der Waals surface area contributed by atoms with Gasteiger partial charge in [-0.3, -0.25) is 9.52 Å². The summed E-state index contributed by atoms with van der Waals surface area (Å²) in [5.74, 6) is -2.47. The van der Waals surface area contributed by atoms with Gasteiger partial charge in [-0.15, -0.1) is 0 Å². The third-order valence-electron chi connectivity index (χ3n) is 4.69. The van der Waals surface area contributed by atoms with Gasteiger partial charge in [-0.1, -0.05) is 12.1 Å². The van der Waals surface area contributed by atoms with E-state index in [1.54, 1.807) is 12.1 Å². The number of carbonyl (C=O) groups is 1. The molecule has 1 N–H and O–H groups in total. The number of hydrogen-bond donors (Lipinski definition) is 1. The van der Waals surface area contributed by atoms with Crippen LogP contribution in [0, 0.1) is 17.6 Å². The zero-order chi connectivity index (χ0) is 19.6. The second-order valence-electron chi connectivity index (χ2n) is 6.70. The van der Waals surface area contributed by atoms with E-state index in [0.29, 0.717) is 11.6 Å². The lowest BCUT2D eigenvalue weighted by Crippen LogP contribution is -2.33. The Morgan fingerprint density at radius 3 is 2.44 bits per heavy atom. The van der Waals surface area contributed by atoms with Crippen molar-refractivity contribution in [3.63, 3.8) is 0 Å². The average molecular weight is 394 g/mol. The van der Waals surface area contributed by atoms with E-state index in [-0.39, 0.29) is 17.4 Å². The quantitative estimate of drug-likeness (QED) is 0.791. The highest BCUT2D eigenvalue weighted by molar-refractivity contribution is 7.92. The van der Waals surface area contributed by atoms with Crippen LogP contribution < -0.4 is 4.72 Å². The van der Waals surface area contributed by atoms with Gasteiger partial charge in [0.25, 0.3) is 10.0 Å². The molecule has 0 aliphatic carbocycles. The Bertz CT molecular complexity index is 955. The summed E-state index contributed by atoms with van der Waals surface area (Å²) in [7, 11) is -2.09. The molecule has 3 rings (SSSR count). The Balaban J connectivity index is 1.79. The van der Waals surface area contributed by atoms with Crippen molar-refractivity contribution in [1.29, 1.82) is 0 Å². The van der Waals surface area contributed by atoms with Gasteiger partial charge in [0.2, 0.25) is 0 Å². The first-order chi connectivity index (χ1) is 12.8.